The molecule has 94 valence electrons. The minimum Gasteiger partial charge on any atom is -0.311 e. The molecular formula is C15H29N. The SMILES string of the molecule is CC(CC1CCC1)NC1CCC(C)C(C)C1. The van der Waals surface area contributed by atoms with Gasteiger partial charge in [0, 0.05) is 12.1 Å². The lowest BCUT2D eigenvalue weighted by Gasteiger charge is -2.36. The maximum Gasteiger partial charge on any atom is 0.00722 e. The lowest BCUT2D eigenvalue weighted by molar-refractivity contribution is 0.198. The fourth-order valence-electron chi connectivity index (χ4n) is 3.40. The van der Waals surface area contributed by atoms with Gasteiger partial charge in [-0.3, -0.25) is 0 Å². The molecule has 16 heavy (non-hydrogen) atoms. The standard InChI is InChI=1S/C15H29N/c1-11-7-8-15(9-12(11)2)16-13(3)10-14-5-4-6-14/h11-16H,4-10H2,1-3H3. The van der Waals surface area contributed by atoms with E-state index < -0.39 is 0 Å². The number of nitrogens with one attached hydrogen (secondary N) is 1. The van der Waals surface area contributed by atoms with Crippen LogP contribution in [0.1, 0.15) is 65.7 Å². The second kappa shape index (κ2) is 5.53. The first-order chi connectivity index (χ1) is 7.65. The Labute approximate surface area is 101 Å². The largest absolute Gasteiger partial charge is 0.311 e. The predicted octanol–water partition coefficient (Wildman–Crippen LogP) is 3.98. The fraction of sp³-hybridized carbons (Fsp3) is 1.00. The molecule has 2 aliphatic rings. The topological polar surface area (TPSA) is 12.0 Å². The zero-order chi connectivity index (χ0) is 11.5. The highest BCUT2D eigenvalue weighted by atomic mass is 14.9. The molecule has 0 saturated heterocycles. The smallest absolute Gasteiger partial charge is 0.00722 e. The molecule has 0 spiro atoms. The Morgan fingerprint density at radius 2 is 1.81 bits per heavy atom. The third-order valence-corrected chi connectivity index (χ3v) is 5.03. The first-order valence-electron chi connectivity index (χ1n) is 7.41. The van der Waals surface area contributed by atoms with Gasteiger partial charge in [-0.25, -0.2) is 0 Å². The Bertz CT molecular complexity index is 209. The van der Waals surface area contributed by atoms with Crippen LogP contribution >= 0.6 is 0 Å². The van der Waals surface area contributed by atoms with E-state index in [9.17, 15) is 0 Å². The highest BCUT2D eigenvalue weighted by Crippen LogP contribution is 2.32. The van der Waals surface area contributed by atoms with Crippen molar-refractivity contribution in [3.63, 3.8) is 0 Å². The van der Waals surface area contributed by atoms with E-state index in [1.165, 1.54) is 44.9 Å². The van der Waals surface area contributed by atoms with Gasteiger partial charge in [-0.05, 0) is 50.4 Å². The zero-order valence-electron chi connectivity index (χ0n) is 11.3. The van der Waals surface area contributed by atoms with E-state index in [0.717, 1.165) is 29.8 Å². The van der Waals surface area contributed by atoms with E-state index >= 15 is 0 Å². The Kier molecular flexibility index (Phi) is 4.29. The molecular weight excluding hydrogens is 194 g/mol. The van der Waals surface area contributed by atoms with Crippen LogP contribution < -0.4 is 5.32 Å². The van der Waals surface area contributed by atoms with Crippen molar-refractivity contribution in [3.8, 4) is 0 Å². The van der Waals surface area contributed by atoms with Crippen molar-refractivity contribution in [3.05, 3.63) is 0 Å². The highest BCUT2D eigenvalue weighted by Gasteiger charge is 2.26. The number of hydrogen-bond acceptors (Lipinski definition) is 1. The Hall–Kier alpha value is -0.0400. The van der Waals surface area contributed by atoms with Gasteiger partial charge in [-0.2, -0.15) is 0 Å². The molecule has 1 N–H and O–H groups in total. The molecule has 2 saturated carbocycles. The summed E-state index contributed by atoms with van der Waals surface area (Å²) in [5.41, 5.74) is 0. The van der Waals surface area contributed by atoms with E-state index in [2.05, 4.69) is 26.1 Å². The molecule has 0 heterocycles. The van der Waals surface area contributed by atoms with Gasteiger partial charge in [0.15, 0.2) is 0 Å². The maximum atomic E-state index is 3.87. The van der Waals surface area contributed by atoms with E-state index in [0.29, 0.717) is 0 Å². The van der Waals surface area contributed by atoms with Gasteiger partial charge in [0.1, 0.15) is 0 Å². The summed E-state index contributed by atoms with van der Waals surface area (Å²) in [6, 6.07) is 1.55. The van der Waals surface area contributed by atoms with Crippen molar-refractivity contribution >= 4 is 0 Å². The third kappa shape index (κ3) is 3.23. The molecule has 0 radical (unpaired) electrons. The molecule has 2 aliphatic carbocycles. The Morgan fingerprint density at radius 1 is 1.06 bits per heavy atom. The normalized spacial score (nSPS) is 38.1. The maximum absolute atomic E-state index is 3.87. The quantitative estimate of drug-likeness (QED) is 0.760. The molecule has 0 bridgehead atoms. The summed E-state index contributed by atoms with van der Waals surface area (Å²) in [6.07, 6.45) is 10.1. The minimum atomic E-state index is 0.746. The Morgan fingerprint density at radius 3 is 2.38 bits per heavy atom. The average molecular weight is 223 g/mol. The van der Waals surface area contributed by atoms with Gasteiger partial charge in [0.05, 0.1) is 0 Å². The molecule has 0 aromatic rings. The van der Waals surface area contributed by atoms with Crippen LogP contribution in [0.3, 0.4) is 0 Å². The second-order valence-electron chi connectivity index (χ2n) is 6.56. The summed E-state index contributed by atoms with van der Waals surface area (Å²) < 4.78 is 0. The molecule has 4 atom stereocenters. The average Bonchev–Trinajstić information content (AvgIpc) is 2.18. The van der Waals surface area contributed by atoms with Gasteiger partial charge in [-0.1, -0.05) is 33.1 Å². The molecule has 2 rings (SSSR count). The lowest BCUT2D eigenvalue weighted by Crippen LogP contribution is -2.42. The van der Waals surface area contributed by atoms with Crippen LogP contribution in [0.5, 0.6) is 0 Å². The fourth-order valence-corrected chi connectivity index (χ4v) is 3.40. The van der Waals surface area contributed by atoms with E-state index in [-0.39, 0.29) is 0 Å². The second-order valence-corrected chi connectivity index (χ2v) is 6.56. The summed E-state index contributed by atoms with van der Waals surface area (Å²) in [6.45, 7) is 7.23. The number of hydrogen-bond donors (Lipinski definition) is 1. The summed E-state index contributed by atoms with van der Waals surface area (Å²) >= 11 is 0. The van der Waals surface area contributed by atoms with Crippen molar-refractivity contribution in [1.82, 2.24) is 5.32 Å². The van der Waals surface area contributed by atoms with Crippen LogP contribution in [0.4, 0.5) is 0 Å². The van der Waals surface area contributed by atoms with E-state index in [1.54, 1.807) is 0 Å². The van der Waals surface area contributed by atoms with Crippen LogP contribution in [-0.2, 0) is 0 Å². The summed E-state index contributed by atoms with van der Waals surface area (Å²) in [5, 5.41) is 3.87. The number of rotatable bonds is 4. The van der Waals surface area contributed by atoms with Gasteiger partial charge in [0.2, 0.25) is 0 Å². The van der Waals surface area contributed by atoms with Gasteiger partial charge >= 0.3 is 0 Å². The van der Waals surface area contributed by atoms with Gasteiger partial charge in [-0.15, -0.1) is 0 Å². The van der Waals surface area contributed by atoms with Crippen molar-refractivity contribution in [2.24, 2.45) is 17.8 Å². The zero-order valence-corrected chi connectivity index (χ0v) is 11.3. The van der Waals surface area contributed by atoms with Crippen LogP contribution in [0.2, 0.25) is 0 Å². The summed E-state index contributed by atoms with van der Waals surface area (Å²) in [7, 11) is 0. The molecule has 0 amide bonds. The van der Waals surface area contributed by atoms with Crippen molar-refractivity contribution in [2.45, 2.75) is 77.8 Å². The highest BCUT2D eigenvalue weighted by molar-refractivity contribution is 4.83. The van der Waals surface area contributed by atoms with Crippen LogP contribution in [-0.4, -0.2) is 12.1 Å². The molecule has 0 aromatic heterocycles. The molecule has 2 fully saturated rings. The lowest BCUT2D eigenvalue weighted by atomic mass is 9.78. The molecule has 0 aliphatic heterocycles. The van der Waals surface area contributed by atoms with E-state index in [1.807, 2.05) is 0 Å². The van der Waals surface area contributed by atoms with Crippen LogP contribution in [0.15, 0.2) is 0 Å². The summed E-state index contributed by atoms with van der Waals surface area (Å²) in [4.78, 5) is 0. The van der Waals surface area contributed by atoms with Gasteiger partial charge < -0.3 is 5.32 Å². The van der Waals surface area contributed by atoms with E-state index in [4.69, 9.17) is 0 Å². The molecule has 1 nitrogen and oxygen atoms in total. The monoisotopic (exact) mass is 223 g/mol. The van der Waals surface area contributed by atoms with Crippen molar-refractivity contribution in [2.75, 3.05) is 0 Å². The predicted molar refractivity (Wildman–Crippen MR) is 70.5 cm³/mol. The Balaban J connectivity index is 1.68. The molecule has 1 heteroatoms. The van der Waals surface area contributed by atoms with Crippen LogP contribution in [0, 0.1) is 17.8 Å². The third-order valence-electron chi connectivity index (χ3n) is 5.03. The first-order valence-corrected chi connectivity index (χ1v) is 7.41. The summed E-state index contributed by atoms with van der Waals surface area (Å²) in [5.74, 6) is 2.91. The molecule has 4 unspecified atom stereocenters. The first kappa shape index (κ1) is 12.4. The van der Waals surface area contributed by atoms with Gasteiger partial charge in [0.25, 0.3) is 0 Å². The van der Waals surface area contributed by atoms with Crippen molar-refractivity contribution < 1.29 is 0 Å². The van der Waals surface area contributed by atoms with Crippen molar-refractivity contribution in [1.29, 1.82) is 0 Å². The van der Waals surface area contributed by atoms with Crippen LogP contribution in [0.25, 0.3) is 0 Å². The molecule has 0 aromatic carbocycles. The minimum absolute atomic E-state index is 0.746.